The van der Waals surface area contributed by atoms with Gasteiger partial charge in [0, 0.05) is 19.8 Å². The minimum Gasteiger partial charge on any atom is -0.477 e. The van der Waals surface area contributed by atoms with Gasteiger partial charge in [0.15, 0.2) is 12.6 Å². The van der Waals surface area contributed by atoms with Crippen LogP contribution in [0.4, 0.5) is 0 Å². The molecule has 3 fully saturated rings. The lowest BCUT2D eigenvalue weighted by Crippen LogP contribution is -2.70. The monoisotopic (exact) mass is 1110 g/mol. The lowest BCUT2D eigenvalue weighted by molar-refractivity contribution is -0.386. The van der Waals surface area contributed by atoms with Gasteiger partial charge in [-0.3, -0.25) is 9.59 Å². The molecule has 77 heavy (non-hydrogen) atoms. The van der Waals surface area contributed by atoms with Gasteiger partial charge >= 0.3 is 5.97 Å². The van der Waals surface area contributed by atoms with Crippen molar-refractivity contribution >= 4 is 17.8 Å². The van der Waals surface area contributed by atoms with E-state index in [1.807, 2.05) is 0 Å². The average molecular weight is 1110 g/mol. The molecule has 3 aliphatic rings. The highest BCUT2D eigenvalue weighted by Crippen LogP contribution is 2.38. The maximum Gasteiger partial charge on any atom is 0.364 e. The van der Waals surface area contributed by atoms with E-state index in [2.05, 4.69) is 24.5 Å². The number of aliphatic hydroxyl groups excluding tert-OH is 11. The van der Waals surface area contributed by atoms with E-state index in [1.54, 1.807) is 0 Å². The van der Waals surface area contributed by atoms with Gasteiger partial charge in [-0.15, -0.1) is 0 Å². The quantitative estimate of drug-likeness (QED) is 0.0385. The molecule has 0 spiro atoms. The van der Waals surface area contributed by atoms with Crippen LogP contribution in [0, 0.1) is 0 Å². The van der Waals surface area contributed by atoms with E-state index < -0.39 is 148 Å². The SMILES string of the molecule is CCCCCCCCCCCCCCCC(O)C(COC1OC(CO)C(OC2OC(CO)C(O)C(OC3(C(=O)O)CC(O)C(NC(C)=O)C(C(O)C(O)CO)O3)C2O)C(O)C1O)NC(=O)CCCCCCCCCCCC. The van der Waals surface area contributed by atoms with Gasteiger partial charge < -0.3 is 100 Å². The molecule has 3 rings (SSSR count). The molecule has 14 N–H and O–H groups in total. The highest BCUT2D eigenvalue weighted by molar-refractivity contribution is 5.77. The topological polar surface area (TPSA) is 373 Å². The van der Waals surface area contributed by atoms with Crippen molar-refractivity contribution in [2.24, 2.45) is 0 Å². The lowest BCUT2D eigenvalue weighted by Gasteiger charge is -2.50. The number of aliphatic hydroxyl groups is 11. The zero-order valence-corrected chi connectivity index (χ0v) is 46.1. The summed E-state index contributed by atoms with van der Waals surface area (Å²) in [6, 6.07) is -2.52. The van der Waals surface area contributed by atoms with Gasteiger partial charge in [-0.25, -0.2) is 4.79 Å². The number of unbranched alkanes of at least 4 members (excludes halogenated alkanes) is 21. The molecule has 0 radical (unpaired) electrons. The summed E-state index contributed by atoms with van der Waals surface area (Å²) in [6.45, 7) is 2.13. The number of amides is 2. The first-order valence-electron chi connectivity index (χ1n) is 28.9. The van der Waals surface area contributed by atoms with Gasteiger partial charge in [0.2, 0.25) is 11.8 Å². The van der Waals surface area contributed by atoms with Crippen molar-refractivity contribution in [3.8, 4) is 0 Å². The second-order valence-corrected chi connectivity index (χ2v) is 21.5. The second-order valence-electron chi connectivity index (χ2n) is 21.5. The molecule has 23 nitrogen and oxygen atoms in total. The van der Waals surface area contributed by atoms with Crippen LogP contribution in [0.3, 0.4) is 0 Å². The molecule has 3 aliphatic heterocycles. The predicted molar refractivity (Wildman–Crippen MR) is 278 cm³/mol. The third kappa shape index (κ3) is 22.9. The molecule has 2 amide bonds. The smallest absolute Gasteiger partial charge is 0.364 e. The van der Waals surface area contributed by atoms with E-state index in [9.17, 15) is 75.7 Å². The summed E-state index contributed by atoms with van der Waals surface area (Å²) in [7, 11) is 0. The fourth-order valence-electron chi connectivity index (χ4n) is 10.4. The predicted octanol–water partition coefficient (Wildman–Crippen LogP) is 1.44. The number of carboxylic acids is 1. The molecule has 452 valence electrons. The third-order valence-corrected chi connectivity index (χ3v) is 15.1. The summed E-state index contributed by atoms with van der Waals surface area (Å²) < 4.78 is 34.6. The van der Waals surface area contributed by atoms with Crippen LogP contribution in [-0.4, -0.2) is 215 Å². The van der Waals surface area contributed by atoms with E-state index in [1.165, 1.54) is 83.5 Å². The Morgan fingerprint density at radius 1 is 0.623 bits per heavy atom. The average Bonchev–Trinajstić information content (AvgIpc) is 3.40. The van der Waals surface area contributed by atoms with E-state index in [0.717, 1.165) is 58.3 Å². The van der Waals surface area contributed by atoms with Gasteiger partial charge in [0.05, 0.1) is 50.7 Å². The Labute approximate surface area is 455 Å². The largest absolute Gasteiger partial charge is 0.477 e. The maximum absolute atomic E-state index is 13.3. The Morgan fingerprint density at radius 3 is 1.62 bits per heavy atom. The number of hydrogen-bond acceptors (Lipinski definition) is 20. The van der Waals surface area contributed by atoms with Crippen LogP contribution in [0.2, 0.25) is 0 Å². The van der Waals surface area contributed by atoms with Crippen LogP contribution in [0.5, 0.6) is 0 Å². The van der Waals surface area contributed by atoms with Crippen molar-refractivity contribution in [2.45, 2.75) is 298 Å². The molecule has 23 heteroatoms. The lowest BCUT2D eigenvalue weighted by atomic mass is 9.88. The Balaban J connectivity index is 1.69. The standard InChI is InChI=1S/C54H100N2O21/c1-4-6-8-10-12-14-16-17-18-19-21-23-25-27-36(61)35(56-41(64)28-26-24-22-20-15-13-11-9-7-5-2)33-72-51-46(68)45(67)48(40(32-59)74-51)75-52-47(69)50(44(66)39(31-58)73-52)77-54(53(70)71)29-37(62)42(55-34(3)60)49(76-54)43(65)38(63)30-57/h35-40,42-52,57-59,61-63,65-69H,4-33H2,1-3H3,(H,55,60)(H,56,64)(H,70,71). The van der Waals surface area contributed by atoms with Crippen molar-refractivity contribution in [2.75, 3.05) is 26.4 Å². The Morgan fingerprint density at radius 2 is 1.13 bits per heavy atom. The maximum atomic E-state index is 13.3. The molecule has 0 aromatic rings. The van der Waals surface area contributed by atoms with Crippen molar-refractivity contribution < 1.29 is 104 Å². The molecule has 18 unspecified atom stereocenters. The van der Waals surface area contributed by atoms with Crippen molar-refractivity contribution in [1.29, 1.82) is 0 Å². The minimum absolute atomic E-state index is 0.226. The molecule has 0 aliphatic carbocycles. The molecule has 0 saturated carbocycles. The molecular formula is C54H100N2O21. The van der Waals surface area contributed by atoms with Crippen molar-refractivity contribution in [1.82, 2.24) is 10.6 Å². The van der Waals surface area contributed by atoms with Crippen LogP contribution in [-0.2, 0) is 42.8 Å². The van der Waals surface area contributed by atoms with Gasteiger partial charge in [0.1, 0.15) is 67.1 Å². The van der Waals surface area contributed by atoms with Crippen molar-refractivity contribution in [3.63, 3.8) is 0 Å². The number of carbonyl (C=O) groups is 3. The highest BCUT2D eigenvalue weighted by Gasteiger charge is 2.60. The van der Waals surface area contributed by atoms with Gasteiger partial charge in [-0.2, -0.15) is 0 Å². The molecule has 0 bridgehead atoms. The van der Waals surface area contributed by atoms with Crippen LogP contribution >= 0.6 is 0 Å². The molecular weight excluding hydrogens is 1010 g/mol. The van der Waals surface area contributed by atoms with Crippen LogP contribution in [0.25, 0.3) is 0 Å². The number of rotatable bonds is 41. The summed E-state index contributed by atoms with van der Waals surface area (Å²) in [6.07, 6.45) is -2.73. The number of nitrogens with one attached hydrogen (secondary N) is 2. The number of ether oxygens (including phenoxy) is 6. The summed E-state index contributed by atoms with van der Waals surface area (Å²) in [5.41, 5.74) is 0. The summed E-state index contributed by atoms with van der Waals surface area (Å²) in [4.78, 5) is 38.3. The molecule has 0 aromatic carbocycles. The van der Waals surface area contributed by atoms with Gasteiger partial charge in [0.25, 0.3) is 5.79 Å². The normalized spacial score (nSPS) is 31.3. The fourth-order valence-corrected chi connectivity index (χ4v) is 10.4. The molecule has 18 atom stereocenters. The first-order valence-corrected chi connectivity index (χ1v) is 28.9. The van der Waals surface area contributed by atoms with E-state index in [-0.39, 0.29) is 18.9 Å². The summed E-state index contributed by atoms with van der Waals surface area (Å²) in [5.74, 6) is -6.10. The first kappa shape index (κ1) is 69.0. The molecule has 0 aromatic heterocycles. The van der Waals surface area contributed by atoms with E-state index in [4.69, 9.17) is 28.4 Å². The molecule has 3 heterocycles. The van der Waals surface area contributed by atoms with E-state index in [0.29, 0.717) is 19.3 Å². The first-order chi connectivity index (χ1) is 36.9. The fraction of sp³-hybridized carbons (Fsp3) is 0.944. The Kier molecular flexibility index (Phi) is 33.8. The minimum atomic E-state index is -3.07. The second kappa shape index (κ2) is 37.7. The Bertz CT molecular complexity index is 1600. The Hall–Kier alpha value is -2.27. The number of aliphatic carboxylic acids is 1. The van der Waals surface area contributed by atoms with Crippen LogP contribution in [0.1, 0.15) is 188 Å². The summed E-state index contributed by atoms with van der Waals surface area (Å²) >= 11 is 0. The zero-order valence-electron chi connectivity index (χ0n) is 46.1. The number of hydrogen-bond donors (Lipinski definition) is 14. The third-order valence-electron chi connectivity index (χ3n) is 15.1. The zero-order chi connectivity index (χ0) is 56.9. The molecule has 3 saturated heterocycles. The summed E-state index contributed by atoms with van der Waals surface area (Å²) in [5, 5.41) is 135. The van der Waals surface area contributed by atoms with Crippen molar-refractivity contribution in [3.05, 3.63) is 0 Å². The highest BCUT2D eigenvalue weighted by atomic mass is 16.8. The van der Waals surface area contributed by atoms with E-state index >= 15 is 0 Å². The number of carboxylic acid groups (broad SMARTS) is 1. The number of carbonyl (C=O) groups excluding carboxylic acids is 2. The van der Waals surface area contributed by atoms with Gasteiger partial charge in [-0.1, -0.05) is 155 Å². The van der Waals surface area contributed by atoms with Crippen LogP contribution < -0.4 is 10.6 Å². The van der Waals surface area contributed by atoms with Gasteiger partial charge in [-0.05, 0) is 12.8 Å². The van der Waals surface area contributed by atoms with Crippen LogP contribution in [0.15, 0.2) is 0 Å².